The molecule has 212 valence electrons. The molecular weight excluding hydrogens is 534 g/mol. The molecule has 0 spiro atoms. The number of hydrogen-bond donors (Lipinski definition) is 2. The Bertz CT molecular complexity index is 1760. The van der Waals surface area contributed by atoms with Gasteiger partial charge >= 0.3 is 12.1 Å². The van der Waals surface area contributed by atoms with Crippen molar-refractivity contribution in [2.24, 2.45) is 0 Å². The first-order chi connectivity index (χ1) is 19.5. The van der Waals surface area contributed by atoms with Gasteiger partial charge in [0.05, 0.1) is 21.7 Å². The molecule has 1 saturated heterocycles. The third-order valence-electron chi connectivity index (χ3n) is 7.83. The number of anilines is 1. The predicted octanol–water partition coefficient (Wildman–Crippen LogP) is 4.34. The van der Waals surface area contributed by atoms with Crippen LogP contribution in [0, 0.1) is 17.0 Å². The van der Waals surface area contributed by atoms with Gasteiger partial charge in [-0.15, -0.1) is 0 Å². The van der Waals surface area contributed by atoms with Crippen LogP contribution in [-0.4, -0.2) is 82.6 Å². The lowest BCUT2D eigenvalue weighted by atomic mass is 9.96. The van der Waals surface area contributed by atoms with Crippen LogP contribution >= 0.6 is 0 Å². The van der Waals surface area contributed by atoms with E-state index in [1.807, 2.05) is 14.0 Å². The van der Waals surface area contributed by atoms with E-state index in [1.165, 1.54) is 29.2 Å². The average Bonchev–Trinajstić information content (AvgIpc) is 3.60. The molecule has 2 aromatic heterocycles. The van der Waals surface area contributed by atoms with Crippen molar-refractivity contribution < 1.29 is 33.6 Å². The Balaban J connectivity index is 1.44. The fourth-order valence-corrected chi connectivity index (χ4v) is 5.74. The number of aromatic nitrogens is 1. The molecule has 1 atom stereocenters. The molecule has 1 fully saturated rings. The van der Waals surface area contributed by atoms with Crippen molar-refractivity contribution in [1.29, 1.82) is 0 Å². The Morgan fingerprint density at radius 2 is 1.88 bits per heavy atom. The van der Waals surface area contributed by atoms with E-state index in [-0.39, 0.29) is 35.2 Å². The summed E-state index contributed by atoms with van der Waals surface area (Å²) in [6.07, 6.45) is -0.564. The summed E-state index contributed by atoms with van der Waals surface area (Å²) >= 11 is 0. The van der Waals surface area contributed by atoms with E-state index in [9.17, 15) is 29.6 Å². The Labute approximate surface area is 233 Å². The number of benzene rings is 2. The molecule has 4 aromatic rings. The van der Waals surface area contributed by atoms with E-state index in [4.69, 9.17) is 9.15 Å². The number of H-pyrrole nitrogens is 1. The number of nitrogens with one attached hydrogen (secondary N) is 1. The van der Waals surface area contributed by atoms with Crippen molar-refractivity contribution in [1.82, 2.24) is 14.8 Å². The number of nitrogens with zero attached hydrogens (tertiary/aromatic N) is 4. The van der Waals surface area contributed by atoms with Gasteiger partial charge in [-0.3, -0.25) is 14.9 Å². The standard InChI is InChI=1S/C28H27N5O8/c1-14-13-32(26(34)21-11-16-10-17(33(38)39)4-5-19(16)40-21)18-12-20(41-28(37)31-8-6-30(3)7-9-31)25-24(22(14)18)23(27(35)36)15(2)29-25/h4-5,10-12,14,29H,6-9,13H2,1-3H3,(H,35,36)/t14-/m1/s1. The average molecular weight is 562 g/mol. The number of aromatic carboxylic acids is 1. The Hall–Kier alpha value is -4.91. The van der Waals surface area contributed by atoms with E-state index >= 15 is 0 Å². The molecule has 2 aromatic carbocycles. The van der Waals surface area contributed by atoms with Crippen LogP contribution in [0.25, 0.3) is 21.9 Å². The number of ether oxygens (including phenoxy) is 1. The number of nitro groups is 1. The number of rotatable bonds is 4. The lowest BCUT2D eigenvalue weighted by Crippen LogP contribution is -2.48. The van der Waals surface area contributed by atoms with Gasteiger partial charge in [0.2, 0.25) is 0 Å². The number of hydrogen-bond acceptors (Lipinski definition) is 8. The SMILES string of the molecule is Cc1[nH]c2c(OC(=O)N3CCN(C)CC3)cc3c(c2c1C(=O)O)[C@H](C)CN3C(=O)c1cc2cc([N+](=O)[O-])ccc2o1. The summed E-state index contributed by atoms with van der Waals surface area (Å²) in [5.41, 5.74) is 2.05. The van der Waals surface area contributed by atoms with Crippen molar-refractivity contribution in [2.45, 2.75) is 19.8 Å². The summed E-state index contributed by atoms with van der Waals surface area (Å²) in [4.78, 5) is 58.2. The van der Waals surface area contributed by atoms with Crippen molar-refractivity contribution in [3.63, 3.8) is 0 Å². The van der Waals surface area contributed by atoms with Gasteiger partial charge in [0.25, 0.3) is 11.6 Å². The van der Waals surface area contributed by atoms with Gasteiger partial charge in [-0.2, -0.15) is 0 Å². The second-order valence-corrected chi connectivity index (χ2v) is 10.6. The molecule has 0 bridgehead atoms. The van der Waals surface area contributed by atoms with Crippen LogP contribution in [0.4, 0.5) is 16.2 Å². The minimum Gasteiger partial charge on any atom is -0.478 e. The third-order valence-corrected chi connectivity index (χ3v) is 7.83. The number of furan rings is 1. The zero-order chi connectivity index (χ0) is 29.2. The maximum Gasteiger partial charge on any atom is 0.415 e. The number of aromatic amines is 1. The van der Waals surface area contributed by atoms with Gasteiger partial charge in [0, 0.05) is 73.3 Å². The van der Waals surface area contributed by atoms with Gasteiger partial charge in [-0.1, -0.05) is 6.92 Å². The number of fused-ring (bicyclic) bond motifs is 4. The zero-order valence-electron chi connectivity index (χ0n) is 22.6. The molecule has 6 rings (SSSR count). The fourth-order valence-electron chi connectivity index (χ4n) is 5.74. The second-order valence-electron chi connectivity index (χ2n) is 10.6. The third kappa shape index (κ3) is 4.34. The molecule has 41 heavy (non-hydrogen) atoms. The Kier molecular flexibility index (Phi) is 6.18. The highest BCUT2D eigenvalue weighted by atomic mass is 16.6. The van der Waals surface area contributed by atoms with Crippen molar-refractivity contribution in [3.8, 4) is 5.75 Å². The van der Waals surface area contributed by atoms with Crippen molar-refractivity contribution in [3.05, 3.63) is 63.0 Å². The number of carboxylic acids is 1. The molecule has 13 nitrogen and oxygen atoms in total. The maximum absolute atomic E-state index is 13.8. The van der Waals surface area contributed by atoms with Crippen LogP contribution in [0.15, 0.2) is 34.7 Å². The Morgan fingerprint density at radius 1 is 1.15 bits per heavy atom. The van der Waals surface area contributed by atoms with Crippen LogP contribution in [0.3, 0.4) is 0 Å². The number of piperazine rings is 1. The molecule has 2 amide bonds. The number of likely N-dealkylation sites (N-methyl/N-ethyl adjacent to an activating group) is 1. The lowest BCUT2D eigenvalue weighted by Gasteiger charge is -2.31. The predicted molar refractivity (Wildman–Crippen MR) is 148 cm³/mol. The normalized spacial score (nSPS) is 17.3. The number of carboxylic acid groups (broad SMARTS) is 1. The van der Waals surface area contributed by atoms with Crippen molar-refractivity contribution in [2.75, 3.05) is 44.7 Å². The van der Waals surface area contributed by atoms with Crippen LogP contribution in [-0.2, 0) is 0 Å². The van der Waals surface area contributed by atoms with Crippen molar-refractivity contribution >= 4 is 51.2 Å². The fraction of sp³-hybridized carbons (Fsp3) is 0.321. The molecule has 2 aliphatic heterocycles. The largest absolute Gasteiger partial charge is 0.478 e. The monoisotopic (exact) mass is 561 g/mol. The number of aryl methyl sites for hydroxylation is 1. The molecule has 0 radical (unpaired) electrons. The highest BCUT2D eigenvalue weighted by Gasteiger charge is 2.37. The molecule has 2 aliphatic rings. The van der Waals surface area contributed by atoms with Gasteiger partial charge in [-0.05, 0) is 31.7 Å². The highest BCUT2D eigenvalue weighted by molar-refractivity contribution is 6.14. The first kappa shape index (κ1) is 26.3. The van der Waals surface area contributed by atoms with Gasteiger partial charge in [0.1, 0.15) is 5.58 Å². The van der Waals surface area contributed by atoms with E-state index in [1.54, 1.807) is 17.9 Å². The molecule has 13 heteroatoms. The molecule has 0 unspecified atom stereocenters. The van der Waals surface area contributed by atoms with Crippen LogP contribution in [0.2, 0.25) is 0 Å². The molecule has 0 saturated carbocycles. The minimum absolute atomic E-state index is 0.0275. The van der Waals surface area contributed by atoms with E-state index < -0.39 is 22.9 Å². The first-order valence-electron chi connectivity index (χ1n) is 13.1. The molecule has 0 aliphatic carbocycles. The maximum atomic E-state index is 13.8. The Morgan fingerprint density at radius 3 is 2.56 bits per heavy atom. The van der Waals surface area contributed by atoms with Crippen LogP contribution < -0.4 is 9.64 Å². The topological polar surface area (TPSA) is 162 Å². The zero-order valence-corrected chi connectivity index (χ0v) is 22.6. The number of carbonyl (C=O) groups excluding carboxylic acids is 2. The van der Waals surface area contributed by atoms with Gasteiger partial charge < -0.3 is 33.9 Å². The summed E-state index contributed by atoms with van der Waals surface area (Å²) in [6, 6.07) is 7.10. The van der Waals surface area contributed by atoms with Gasteiger partial charge in [-0.25, -0.2) is 9.59 Å². The molecular formula is C28H27N5O8. The summed E-state index contributed by atoms with van der Waals surface area (Å²) in [5.74, 6) is -1.81. The summed E-state index contributed by atoms with van der Waals surface area (Å²) in [5, 5.41) is 22.1. The number of carbonyl (C=O) groups is 3. The quantitative estimate of drug-likeness (QED) is 0.273. The second kappa shape index (κ2) is 9.63. The first-order valence-corrected chi connectivity index (χ1v) is 13.1. The minimum atomic E-state index is -1.14. The van der Waals surface area contributed by atoms with Crippen LogP contribution in [0.5, 0.6) is 5.75 Å². The summed E-state index contributed by atoms with van der Waals surface area (Å²) in [6.45, 7) is 6.10. The molecule has 2 N–H and O–H groups in total. The lowest BCUT2D eigenvalue weighted by molar-refractivity contribution is -0.384. The summed E-state index contributed by atoms with van der Waals surface area (Å²) < 4.78 is 11.6. The van der Waals surface area contributed by atoms with E-state index in [2.05, 4.69) is 9.88 Å². The van der Waals surface area contributed by atoms with E-state index in [0.29, 0.717) is 65.0 Å². The number of non-ortho nitro benzene ring substituents is 1. The number of amides is 2. The highest BCUT2D eigenvalue weighted by Crippen LogP contribution is 2.47. The van der Waals surface area contributed by atoms with E-state index in [0.717, 1.165) is 0 Å². The number of nitro benzene ring substituents is 1. The summed E-state index contributed by atoms with van der Waals surface area (Å²) in [7, 11) is 1.97. The smallest absolute Gasteiger partial charge is 0.415 e. The molecule has 4 heterocycles. The van der Waals surface area contributed by atoms with Crippen LogP contribution in [0.1, 0.15) is 45.0 Å². The van der Waals surface area contributed by atoms with Gasteiger partial charge in [0.15, 0.2) is 11.5 Å².